The fourth-order valence-corrected chi connectivity index (χ4v) is 2.68. The van der Waals surface area contributed by atoms with Gasteiger partial charge in [0.25, 0.3) is 0 Å². The van der Waals surface area contributed by atoms with E-state index in [-0.39, 0.29) is 6.61 Å². The lowest BCUT2D eigenvalue weighted by atomic mass is 10.2. The lowest BCUT2D eigenvalue weighted by Gasteiger charge is -2.06. The molecule has 0 bridgehead atoms. The molecule has 0 atom stereocenters. The molecule has 0 unspecified atom stereocenters. The van der Waals surface area contributed by atoms with Gasteiger partial charge in [0, 0.05) is 6.54 Å². The van der Waals surface area contributed by atoms with E-state index in [1.807, 2.05) is 66.7 Å². The maximum Gasteiger partial charge on any atom is 0.407 e. The van der Waals surface area contributed by atoms with Crippen molar-refractivity contribution in [1.82, 2.24) is 5.32 Å². The number of amides is 1. The van der Waals surface area contributed by atoms with Gasteiger partial charge in [0.15, 0.2) is 0 Å². The minimum atomic E-state index is -0.420. The topological polar surface area (TPSA) is 47.6 Å². The predicted octanol–water partition coefficient (Wildman–Crippen LogP) is 5.98. The second-order valence-electron chi connectivity index (χ2n) is 6.68. The van der Waals surface area contributed by atoms with Gasteiger partial charge in [-0.05, 0) is 29.7 Å². The average molecular weight is 382 g/mol. The minimum Gasteiger partial charge on any atom is -0.494 e. The average Bonchev–Trinajstić information content (AvgIpc) is 2.74. The fourth-order valence-electron chi connectivity index (χ4n) is 2.68. The van der Waals surface area contributed by atoms with Crippen molar-refractivity contribution in [2.45, 2.75) is 45.6 Å². The molecular formula is C24H31NO3. The Balaban J connectivity index is 1.59. The Kier molecular flexibility index (Phi) is 10.3. The van der Waals surface area contributed by atoms with Crippen LogP contribution in [0.25, 0.3) is 6.08 Å². The largest absolute Gasteiger partial charge is 0.494 e. The zero-order valence-electron chi connectivity index (χ0n) is 16.7. The maximum atomic E-state index is 11.7. The van der Waals surface area contributed by atoms with Crippen LogP contribution in [0.2, 0.25) is 0 Å². The lowest BCUT2D eigenvalue weighted by Crippen LogP contribution is -2.24. The summed E-state index contributed by atoms with van der Waals surface area (Å²) in [6, 6.07) is 17.6. The van der Waals surface area contributed by atoms with Gasteiger partial charge in [-0.1, -0.05) is 87.2 Å². The van der Waals surface area contributed by atoms with Crippen LogP contribution >= 0.6 is 0 Å². The predicted molar refractivity (Wildman–Crippen MR) is 114 cm³/mol. The highest BCUT2D eigenvalue weighted by Gasteiger charge is 2.00. The van der Waals surface area contributed by atoms with Crippen LogP contribution in [0.1, 0.15) is 50.2 Å². The summed E-state index contributed by atoms with van der Waals surface area (Å²) in [7, 11) is 0. The van der Waals surface area contributed by atoms with E-state index < -0.39 is 6.09 Å². The van der Waals surface area contributed by atoms with Gasteiger partial charge in [-0.2, -0.15) is 0 Å². The molecule has 0 aliphatic rings. The van der Waals surface area contributed by atoms with Crippen molar-refractivity contribution in [3.05, 3.63) is 71.8 Å². The summed E-state index contributed by atoms with van der Waals surface area (Å²) < 4.78 is 10.9. The normalized spacial score (nSPS) is 10.8. The quantitative estimate of drug-likeness (QED) is 0.460. The molecule has 0 heterocycles. The van der Waals surface area contributed by atoms with E-state index in [4.69, 9.17) is 9.47 Å². The molecule has 0 radical (unpaired) electrons. The maximum absolute atomic E-state index is 11.7. The summed E-state index contributed by atoms with van der Waals surface area (Å²) in [5, 5.41) is 2.71. The van der Waals surface area contributed by atoms with Crippen molar-refractivity contribution in [2.75, 3.05) is 13.2 Å². The van der Waals surface area contributed by atoms with Gasteiger partial charge in [0.2, 0.25) is 0 Å². The fraction of sp³-hybridized carbons (Fsp3) is 0.375. The van der Waals surface area contributed by atoms with E-state index in [0.29, 0.717) is 6.54 Å². The summed E-state index contributed by atoms with van der Waals surface area (Å²) in [6.07, 6.45) is 9.64. The molecule has 4 heteroatoms. The number of unbranched alkanes of at least 4 members (excludes halogenated alkanes) is 4. The standard InChI is InChI=1S/C24H31NO3/c1-2-3-4-5-9-19-27-23-16-14-21(15-17-23)13-10-18-25-24(26)28-20-22-11-7-6-8-12-22/h6-8,10-17H,2-5,9,18-20H2,1H3,(H,25,26). The van der Waals surface area contributed by atoms with Gasteiger partial charge in [0.05, 0.1) is 6.61 Å². The summed E-state index contributed by atoms with van der Waals surface area (Å²) in [4.78, 5) is 11.7. The van der Waals surface area contributed by atoms with Crippen LogP contribution in [0.3, 0.4) is 0 Å². The number of ether oxygens (including phenoxy) is 2. The molecule has 28 heavy (non-hydrogen) atoms. The molecule has 4 nitrogen and oxygen atoms in total. The Morgan fingerprint density at radius 2 is 1.71 bits per heavy atom. The first-order valence-corrected chi connectivity index (χ1v) is 10.1. The summed E-state index contributed by atoms with van der Waals surface area (Å²) in [5.74, 6) is 0.898. The van der Waals surface area contributed by atoms with Gasteiger partial charge in [-0.3, -0.25) is 0 Å². The summed E-state index contributed by atoms with van der Waals surface area (Å²) in [6.45, 7) is 3.69. The first-order chi connectivity index (χ1) is 13.8. The molecule has 0 fully saturated rings. The molecule has 0 spiro atoms. The van der Waals surface area contributed by atoms with Crippen LogP contribution in [0.5, 0.6) is 5.75 Å². The van der Waals surface area contributed by atoms with Crippen LogP contribution in [-0.4, -0.2) is 19.2 Å². The third kappa shape index (κ3) is 9.26. The van der Waals surface area contributed by atoms with Crippen LogP contribution in [0, 0.1) is 0 Å². The molecule has 2 rings (SSSR count). The molecule has 0 saturated carbocycles. The highest BCUT2D eigenvalue weighted by molar-refractivity contribution is 5.67. The van der Waals surface area contributed by atoms with Crippen LogP contribution < -0.4 is 10.1 Å². The zero-order chi connectivity index (χ0) is 19.9. The number of hydrogen-bond donors (Lipinski definition) is 1. The van der Waals surface area contributed by atoms with Crippen LogP contribution in [0.15, 0.2) is 60.7 Å². The van der Waals surface area contributed by atoms with Crippen molar-refractivity contribution < 1.29 is 14.3 Å². The van der Waals surface area contributed by atoms with Crippen LogP contribution in [-0.2, 0) is 11.3 Å². The van der Waals surface area contributed by atoms with E-state index in [1.165, 1.54) is 25.7 Å². The Hall–Kier alpha value is -2.75. The molecular weight excluding hydrogens is 350 g/mol. The summed E-state index contributed by atoms with van der Waals surface area (Å²) >= 11 is 0. The number of nitrogens with one attached hydrogen (secondary N) is 1. The van der Waals surface area contributed by atoms with Crippen LogP contribution in [0.4, 0.5) is 4.79 Å². The second-order valence-corrected chi connectivity index (χ2v) is 6.68. The smallest absolute Gasteiger partial charge is 0.407 e. The number of carbonyl (C=O) groups excluding carboxylic acids is 1. The molecule has 0 aliphatic carbocycles. The van der Waals surface area contributed by atoms with E-state index in [1.54, 1.807) is 0 Å². The molecule has 1 N–H and O–H groups in total. The Labute approximate surface area is 168 Å². The minimum absolute atomic E-state index is 0.274. The van der Waals surface area contributed by atoms with E-state index >= 15 is 0 Å². The molecule has 2 aromatic rings. The molecule has 0 saturated heterocycles. The lowest BCUT2D eigenvalue weighted by molar-refractivity contribution is 0.141. The highest BCUT2D eigenvalue weighted by atomic mass is 16.5. The monoisotopic (exact) mass is 381 g/mol. The van der Waals surface area contributed by atoms with Crippen molar-refractivity contribution in [2.24, 2.45) is 0 Å². The number of alkyl carbamates (subject to hydrolysis) is 1. The van der Waals surface area contributed by atoms with E-state index in [9.17, 15) is 4.79 Å². The Bertz CT molecular complexity index is 696. The number of carbonyl (C=O) groups is 1. The van der Waals surface area contributed by atoms with Gasteiger partial charge >= 0.3 is 6.09 Å². The third-order valence-corrected chi connectivity index (χ3v) is 4.28. The van der Waals surface area contributed by atoms with Crippen molar-refractivity contribution >= 4 is 12.2 Å². The zero-order valence-corrected chi connectivity index (χ0v) is 16.7. The first kappa shape index (κ1) is 21.5. The third-order valence-electron chi connectivity index (χ3n) is 4.28. The molecule has 150 valence electrons. The molecule has 1 amide bonds. The number of hydrogen-bond acceptors (Lipinski definition) is 3. The number of rotatable bonds is 12. The molecule has 2 aromatic carbocycles. The van der Waals surface area contributed by atoms with Crippen molar-refractivity contribution in [3.63, 3.8) is 0 Å². The molecule has 0 aliphatic heterocycles. The second kappa shape index (κ2) is 13.4. The van der Waals surface area contributed by atoms with Gasteiger partial charge in [-0.15, -0.1) is 0 Å². The SMILES string of the molecule is CCCCCCCOc1ccc(C=CCNC(=O)OCc2ccccc2)cc1. The van der Waals surface area contributed by atoms with Gasteiger partial charge < -0.3 is 14.8 Å². The van der Waals surface area contributed by atoms with Crippen molar-refractivity contribution in [1.29, 1.82) is 0 Å². The van der Waals surface area contributed by atoms with Crippen molar-refractivity contribution in [3.8, 4) is 5.75 Å². The van der Waals surface area contributed by atoms with E-state index in [0.717, 1.165) is 29.9 Å². The van der Waals surface area contributed by atoms with Gasteiger partial charge in [-0.25, -0.2) is 4.79 Å². The molecule has 0 aromatic heterocycles. The van der Waals surface area contributed by atoms with E-state index in [2.05, 4.69) is 12.2 Å². The highest BCUT2D eigenvalue weighted by Crippen LogP contribution is 2.14. The first-order valence-electron chi connectivity index (χ1n) is 10.1. The summed E-state index contributed by atoms with van der Waals surface area (Å²) in [5.41, 5.74) is 2.03. The van der Waals surface area contributed by atoms with Gasteiger partial charge in [0.1, 0.15) is 12.4 Å². The Morgan fingerprint density at radius 1 is 0.964 bits per heavy atom. The number of benzene rings is 2. The Morgan fingerprint density at radius 3 is 2.46 bits per heavy atom.